The molecule has 6 nitrogen and oxygen atoms in total. The predicted molar refractivity (Wildman–Crippen MR) is 114 cm³/mol. The van der Waals surface area contributed by atoms with Crippen LogP contribution in [-0.2, 0) is 11.3 Å². The summed E-state index contributed by atoms with van der Waals surface area (Å²) in [6.45, 7) is 1.06. The highest BCUT2D eigenvalue weighted by atomic mass is 35.5. The molecule has 1 aliphatic heterocycles. The number of ether oxygens (including phenoxy) is 2. The van der Waals surface area contributed by atoms with Crippen LogP contribution in [0.3, 0.4) is 0 Å². The Morgan fingerprint density at radius 3 is 2.53 bits per heavy atom. The number of hydrogen-bond donors (Lipinski definition) is 1. The highest BCUT2D eigenvalue weighted by Gasteiger charge is 2.27. The molecule has 4 rings (SSSR count). The number of rotatable bonds is 7. The second kappa shape index (κ2) is 9.39. The Labute approximate surface area is 181 Å². The van der Waals surface area contributed by atoms with Crippen molar-refractivity contribution in [1.29, 1.82) is 0 Å². The van der Waals surface area contributed by atoms with E-state index in [9.17, 15) is 9.59 Å². The lowest BCUT2D eigenvalue weighted by atomic mass is 10.1. The number of benzene rings is 2. The summed E-state index contributed by atoms with van der Waals surface area (Å²) in [5.74, 6) is 1.31. The number of fused-ring (bicyclic) bond motifs is 1. The number of carbonyl (C=O) groups is 2. The molecule has 158 valence electrons. The van der Waals surface area contributed by atoms with Gasteiger partial charge < -0.3 is 19.7 Å². The Kier molecular flexibility index (Phi) is 6.43. The third-order valence-electron chi connectivity index (χ3n) is 5.61. The first-order valence-corrected chi connectivity index (χ1v) is 10.7. The number of carbonyl (C=O) groups excluding carboxylic acids is 2. The van der Waals surface area contributed by atoms with Gasteiger partial charge in [-0.3, -0.25) is 9.59 Å². The molecule has 1 saturated carbocycles. The summed E-state index contributed by atoms with van der Waals surface area (Å²) in [6.07, 6.45) is 4.59. The van der Waals surface area contributed by atoms with Gasteiger partial charge in [0.15, 0.2) is 11.5 Å². The molecular weight excluding hydrogens is 404 g/mol. The Morgan fingerprint density at radius 1 is 1.03 bits per heavy atom. The molecule has 2 aliphatic rings. The minimum absolute atomic E-state index is 0.0518. The van der Waals surface area contributed by atoms with Gasteiger partial charge in [0, 0.05) is 36.1 Å². The lowest BCUT2D eigenvalue weighted by Gasteiger charge is -2.29. The molecule has 0 aromatic heterocycles. The number of amides is 2. The molecule has 1 heterocycles. The molecule has 0 radical (unpaired) electrons. The standard InChI is InChI=1S/C23H25ClN2O4/c24-18-8-6-17(7-9-18)23(28)25-12-11-22(27)26(19-3-1-2-4-19)14-16-5-10-20-21(13-16)30-15-29-20/h5-10,13,19H,1-4,11-12,14-15H2,(H,25,28). The van der Waals surface area contributed by atoms with Gasteiger partial charge >= 0.3 is 0 Å². The van der Waals surface area contributed by atoms with E-state index in [4.69, 9.17) is 21.1 Å². The van der Waals surface area contributed by atoms with Crippen LogP contribution in [0.2, 0.25) is 5.02 Å². The fourth-order valence-corrected chi connectivity index (χ4v) is 4.13. The van der Waals surface area contributed by atoms with Gasteiger partial charge in [0.05, 0.1) is 0 Å². The van der Waals surface area contributed by atoms with Gasteiger partial charge in [0.25, 0.3) is 5.91 Å². The molecule has 0 unspecified atom stereocenters. The van der Waals surface area contributed by atoms with Gasteiger partial charge in [-0.1, -0.05) is 30.5 Å². The summed E-state index contributed by atoms with van der Waals surface area (Å²) < 4.78 is 10.8. The molecular formula is C23H25ClN2O4. The highest BCUT2D eigenvalue weighted by Crippen LogP contribution is 2.33. The van der Waals surface area contributed by atoms with Crippen molar-refractivity contribution < 1.29 is 19.1 Å². The van der Waals surface area contributed by atoms with Crippen molar-refractivity contribution in [2.45, 2.75) is 44.7 Å². The van der Waals surface area contributed by atoms with Crippen molar-refractivity contribution in [3.63, 3.8) is 0 Å². The normalized spacial score (nSPS) is 15.2. The molecule has 2 amide bonds. The molecule has 0 spiro atoms. The van der Waals surface area contributed by atoms with Gasteiger partial charge in [0.2, 0.25) is 12.7 Å². The van der Waals surface area contributed by atoms with Gasteiger partial charge in [-0.15, -0.1) is 0 Å². The molecule has 1 aliphatic carbocycles. The van der Waals surface area contributed by atoms with E-state index in [1.165, 1.54) is 0 Å². The second-order valence-corrected chi connectivity index (χ2v) is 8.10. The summed E-state index contributed by atoms with van der Waals surface area (Å²) in [6, 6.07) is 12.7. The van der Waals surface area contributed by atoms with Crippen LogP contribution in [0.25, 0.3) is 0 Å². The van der Waals surface area contributed by atoms with E-state index in [0.717, 1.165) is 42.7 Å². The first kappa shape index (κ1) is 20.5. The lowest BCUT2D eigenvalue weighted by Crippen LogP contribution is -2.40. The number of nitrogens with zero attached hydrogens (tertiary/aromatic N) is 1. The van der Waals surface area contributed by atoms with E-state index in [1.807, 2.05) is 23.1 Å². The zero-order valence-corrected chi connectivity index (χ0v) is 17.5. The van der Waals surface area contributed by atoms with Gasteiger partial charge in [0.1, 0.15) is 0 Å². The van der Waals surface area contributed by atoms with Crippen LogP contribution in [0.5, 0.6) is 11.5 Å². The molecule has 2 aromatic rings. The Morgan fingerprint density at radius 2 is 1.77 bits per heavy atom. The lowest BCUT2D eigenvalue weighted by molar-refractivity contribution is -0.134. The maximum atomic E-state index is 13.0. The number of hydrogen-bond acceptors (Lipinski definition) is 4. The molecule has 0 atom stereocenters. The van der Waals surface area contributed by atoms with Crippen LogP contribution >= 0.6 is 11.6 Å². The quantitative estimate of drug-likeness (QED) is 0.719. The van der Waals surface area contributed by atoms with Crippen molar-refractivity contribution in [2.75, 3.05) is 13.3 Å². The number of halogens is 1. The average molecular weight is 429 g/mol. The summed E-state index contributed by atoms with van der Waals surface area (Å²) in [5, 5.41) is 3.41. The van der Waals surface area contributed by atoms with Crippen LogP contribution in [0, 0.1) is 0 Å². The zero-order valence-electron chi connectivity index (χ0n) is 16.7. The van der Waals surface area contributed by atoms with Crippen molar-refractivity contribution >= 4 is 23.4 Å². The van der Waals surface area contributed by atoms with E-state index in [-0.39, 0.29) is 31.1 Å². The summed E-state index contributed by atoms with van der Waals surface area (Å²) in [5.41, 5.74) is 1.55. The molecule has 0 bridgehead atoms. The van der Waals surface area contributed by atoms with Gasteiger partial charge in [-0.2, -0.15) is 0 Å². The monoisotopic (exact) mass is 428 g/mol. The SMILES string of the molecule is O=C(NCCC(=O)N(Cc1ccc2c(c1)OCO2)C1CCCC1)c1ccc(Cl)cc1. The Balaban J connectivity index is 1.36. The first-order chi connectivity index (χ1) is 14.6. The van der Waals surface area contributed by atoms with Crippen molar-refractivity contribution in [2.24, 2.45) is 0 Å². The van der Waals surface area contributed by atoms with Crippen LogP contribution in [0.4, 0.5) is 0 Å². The molecule has 1 fully saturated rings. The van der Waals surface area contributed by atoms with Gasteiger partial charge in [-0.25, -0.2) is 0 Å². The topological polar surface area (TPSA) is 67.9 Å². The van der Waals surface area contributed by atoms with Crippen molar-refractivity contribution in [3.8, 4) is 11.5 Å². The Hall–Kier alpha value is -2.73. The third kappa shape index (κ3) is 4.87. The maximum absolute atomic E-state index is 13.0. The van der Waals surface area contributed by atoms with Crippen LogP contribution in [0.1, 0.15) is 48.0 Å². The molecule has 1 N–H and O–H groups in total. The van der Waals surface area contributed by atoms with E-state index in [0.29, 0.717) is 23.7 Å². The third-order valence-corrected chi connectivity index (χ3v) is 5.86. The number of nitrogens with one attached hydrogen (secondary N) is 1. The molecule has 2 aromatic carbocycles. The predicted octanol–water partition coefficient (Wildman–Crippen LogP) is 4.16. The summed E-state index contributed by atoms with van der Waals surface area (Å²) in [7, 11) is 0. The van der Waals surface area contributed by atoms with E-state index < -0.39 is 0 Å². The first-order valence-electron chi connectivity index (χ1n) is 10.3. The van der Waals surface area contributed by atoms with E-state index in [2.05, 4.69) is 5.32 Å². The largest absolute Gasteiger partial charge is 0.454 e. The van der Waals surface area contributed by atoms with E-state index >= 15 is 0 Å². The summed E-state index contributed by atoms with van der Waals surface area (Å²) >= 11 is 5.86. The summed E-state index contributed by atoms with van der Waals surface area (Å²) in [4.78, 5) is 27.2. The Bertz CT molecular complexity index is 910. The molecule has 30 heavy (non-hydrogen) atoms. The van der Waals surface area contributed by atoms with Crippen LogP contribution in [-0.4, -0.2) is 36.1 Å². The smallest absolute Gasteiger partial charge is 0.251 e. The second-order valence-electron chi connectivity index (χ2n) is 7.66. The van der Waals surface area contributed by atoms with Crippen molar-refractivity contribution in [3.05, 3.63) is 58.6 Å². The minimum atomic E-state index is -0.206. The highest BCUT2D eigenvalue weighted by molar-refractivity contribution is 6.30. The van der Waals surface area contributed by atoms with Gasteiger partial charge in [-0.05, 0) is 54.8 Å². The fraction of sp³-hybridized carbons (Fsp3) is 0.391. The van der Waals surface area contributed by atoms with Crippen LogP contribution in [0.15, 0.2) is 42.5 Å². The van der Waals surface area contributed by atoms with Crippen LogP contribution < -0.4 is 14.8 Å². The van der Waals surface area contributed by atoms with E-state index in [1.54, 1.807) is 24.3 Å². The van der Waals surface area contributed by atoms with Crippen molar-refractivity contribution in [1.82, 2.24) is 10.2 Å². The minimum Gasteiger partial charge on any atom is -0.454 e. The molecule has 7 heteroatoms. The fourth-order valence-electron chi connectivity index (χ4n) is 4.00. The average Bonchev–Trinajstić information content (AvgIpc) is 3.44. The zero-order chi connectivity index (χ0) is 20.9. The maximum Gasteiger partial charge on any atom is 0.251 e. The molecule has 0 saturated heterocycles.